The van der Waals surface area contributed by atoms with Crippen molar-refractivity contribution in [1.29, 1.82) is 0 Å². The fourth-order valence-electron chi connectivity index (χ4n) is 9.53. The van der Waals surface area contributed by atoms with Crippen LogP contribution in [0.25, 0.3) is 0 Å². The summed E-state index contributed by atoms with van der Waals surface area (Å²) in [7, 11) is 0. The largest absolute Gasteiger partial charge is 0.462 e. The molecule has 0 aliphatic heterocycles. The Morgan fingerprint density at radius 1 is 0.276 bits per heavy atom. The molecule has 0 heterocycles. The van der Waals surface area contributed by atoms with Crippen molar-refractivity contribution in [3.63, 3.8) is 0 Å². The van der Waals surface area contributed by atoms with E-state index in [0.717, 1.165) is 96.3 Å². The lowest BCUT2D eigenvalue weighted by Gasteiger charge is -2.18. The van der Waals surface area contributed by atoms with E-state index >= 15 is 0 Å². The molecule has 1 atom stereocenters. The van der Waals surface area contributed by atoms with Gasteiger partial charge in [0, 0.05) is 19.3 Å². The van der Waals surface area contributed by atoms with E-state index in [0.29, 0.717) is 19.3 Å². The number of hydrogen-bond donors (Lipinski definition) is 0. The third kappa shape index (κ3) is 61.7. The van der Waals surface area contributed by atoms with Crippen molar-refractivity contribution < 1.29 is 28.6 Å². The van der Waals surface area contributed by atoms with E-state index in [1.165, 1.54) is 199 Å². The van der Waals surface area contributed by atoms with E-state index in [1.54, 1.807) is 0 Å². The van der Waals surface area contributed by atoms with E-state index in [-0.39, 0.29) is 31.1 Å². The molecular formula is C70H124O6. The summed E-state index contributed by atoms with van der Waals surface area (Å²) in [5, 5.41) is 0. The zero-order valence-electron chi connectivity index (χ0n) is 50.5. The topological polar surface area (TPSA) is 78.9 Å². The molecular weight excluding hydrogens is 937 g/mol. The van der Waals surface area contributed by atoms with Gasteiger partial charge in [0.25, 0.3) is 0 Å². The number of unbranched alkanes of at least 4 members (excludes halogenated alkanes) is 37. The van der Waals surface area contributed by atoms with Gasteiger partial charge in [-0.1, -0.05) is 299 Å². The summed E-state index contributed by atoms with van der Waals surface area (Å²) in [6.45, 7) is 6.54. The van der Waals surface area contributed by atoms with Gasteiger partial charge in [-0.25, -0.2) is 0 Å². The molecule has 1 unspecified atom stereocenters. The highest BCUT2D eigenvalue weighted by molar-refractivity contribution is 5.71. The van der Waals surface area contributed by atoms with Crippen LogP contribution in [0.2, 0.25) is 0 Å². The normalized spacial score (nSPS) is 12.5. The van der Waals surface area contributed by atoms with Gasteiger partial charge in [0.1, 0.15) is 13.2 Å². The van der Waals surface area contributed by atoms with Crippen LogP contribution < -0.4 is 0 Å². The van der Waals surface area contributed by atoms with E-state index in [4.69, 9.17) is 14.2 Å². The van der Waals surface area contributed by atoms with Crippen molar-refractivity contribution in [2.24, 2.45) is 0 Å². The van der Waals surface area contributed by atoms with Crippen LogP contribution in [0.3, 0.4) is 0 Å². The Morgan fingerprint density at radius 3 is 0.816 bits per heavy atom. The third-order valence-electron chi connectivity index (χ3n) is 14.4. The lowest BCUT2D eigenvalue weighted by Crippen LogP contribution is -2.30. The molecule has 0 fully saturated rings. The van der Waals surface area contributed by atoms with Gasteiger partial charge in [0.15, 0.2) is 6.10 Å². The molecule has 0 radical (unpaired) electrons. The fourth-order valence-corrected chi connectivity index (χ4v) is 9.53. The Kier molecular flexibility index (Phi) is 61.7. The van der Waals surface area contributed by atoms with E-state index in [9.17, 15) is 14.4 Å². The lowest BCUT2D eigenvalue weighted by molar-refractivity contribution is -0.167. The number of ether oxygens (including phenoxy) is 3. The van der Waals surface area contributed by atoms with Crippen LogP contribution in [-0.2, 0) is 28.6 Å². The average Bonchev–Trinajstić information content (AvgIpc) is 3.42. The maximum Gasteiger partial charge on any atom is 0.306 e. The maximum atomic E-state index is 12.9. The SMILES string of the molecule is CC/C=C\C/C=C\C/C=C\C/C=C\C/C=C\CCCCCCCCCCCCCCCCCCCC(=O)OCC(COC(=O)CCCCCCCCCCCCC)OC(=O)CCCCCCC/C=C\CCCCCCC. The molecule has 0 aromatic heterocycles. The van der Waals surface area contributed by atoms with Gasteiger partial charge in [-0.3, -0.25) is 14.4 Å². The van der Waals surface area contributed by atoms with Crippen LogP contribution in [-0.4, -0.2) is 37.2 Å². The minimum absolute atomic E-state index is 0.0730. The van der Waals surface area contributed by atoms with Crippen molar-refractivity contribution in [1.82, 2.24) is 0 Å². The Hall–Kier alpha value is -3.15. The molecule has 0 rings (SSSR count). The second kappa shape index (κ2) is 64.4. The number of esters is 3. The Bertz CT molecular complexity index is 1400. The number of allylic oxidation sites excluding steroid dienone is 12. The molecule has 6 nitrogen and oxygen atoms in total. The summed E-state index contributed by atoms with van der Waals surface area (Å²) in [6, 6.07) is 0. The molecule has 0 N–H and O–H groups in total. The number of carbonyl (C=O) groups is 3. The standard InChI is InChI=1S/C70H124O6/c1-4-7-10-13-16-19-22-24-26-27-28-29-30-31-32-33-34-35-36-37-38-39-40-41-42-43-44-46-48-51-54-57-60-63-69(72)75-66-67(65-74-68(71)62-59-56-53-50-47-21-18-15-12-9-6-3)76-70(73)64-61-58-55-52-49-45-25-23-20-17-14-11-8-5-2/h7,10,16,19,23-26,28-29,31-32,67H,4-6,8-9,11-15,17-18,20-22,27,30,33-66H2,1-3H3/b10-7-,19-16-,25-23-,26-24-,29-28-,32-31-. The highest BCUT2D eigenvalue weighted by Crippen LogP contribution is 2.17. The van der Waals surface area contributed by atoms with Crippen LogP contribution in [0.5, 0.6) is 0 Å². The molecule has 0 bridgehead atoms. The minimum Gasteiger partial charge on any atom is -0.462 e. The summed E-state index contributed by atoms with van der Waals surface area (Å²) < 4.78 is 16.9. The number of rotatable bonds is 60. The molecule has 6 heteroatoms. The van der Waals surface area contributed by atoms with Gasteiger partial charge in [-0.05, 0) is 89.9 Å². The summed E-state index contributed by atoms with van der Waals surface area (Å²) in [6.07, 6.45) is 83.6. The molecule has 0 aromatic carbocycles. The second-order valence-corrected chi connectivity index (χ2v) is 22.0. The third-order valence-corrected chi connectivity index (χ3v) is 14.4. The maximum absolute atomic E-state index is 12.9. The van der Waals surface area contributed by atoms with Gasteiger partial charge in [0.05, 0.1) is 0 Å². The highest BCUT2D eigenvalue weighted by Gasteiger charge is 2.19. The first-order valence-corrected chi connectivity index (χ1v) is 32.9. The minimum atomic E-state index is -0.775. The van der Waals surface area contributed by atoms with Crippen molar-refractivity contribution in [3.8, 4) is 0 Å². The van der Waals surface area contributed by atoms with Gasteiger partial charge in [0.2, 0.25) is 0 Å². The van der Waals surface area contributed by atoms with E-state index < -0.39 is 6.10 Å². The summed E-state index contributed by atoms with van der Waals surface area (Å²) in [5.41, 5.74) is 0. The summed E-state index contributed by atoms with van der Waals surface area (Å²) in [5.74, 6) is -0.866. The van der Waals surface area contributed by atoms with Crippen molar-refractivity contribution >= 4 is 17.9 Å². The van der Waals surface area contributed by atoms with Crippen molar-refractivity contribution in [2.75, 3.05) is 13.2 Å². The van der Waals surface area contributed by atoms with Crippen LogP contribution in [0.1, 0.15) is 335 Å². The number of carbonyl (C=O) groups excluding carboxylic acids is 3. The predicted molar refractivity (Wildman–Crippen MR) is 330 cm³/mol. The predicted octanol–water partition coefficient (Wildman–Crippen LogP) is 22.5. The van der Waals surface area contributed by atoms with Crippen molar-refractivity contribution in [3.05, 3.63) is 72.9 Å². The molecule has 0 saturated heterocycles. The molecule has 0 saturated carbocycles. The monoisotopic (exact) mass is 1060 g/mol. The summed E-state index contributed by atoms with van der Waals surface area (Å²) in [4.78, 5) is 38.2. The van der Waals surface area contributed by atoms with Gasteiger partial charge in [-0.15, -0.1) is 0 Å². The quantitative estimate of drug-likeness (QED) is 0.0261. The van der Waals surface area contributed by atoms with E-state index in [1.807, 2.05) is 0 Å². The Labute approximate surface area is 472 Å². The highest BCUT2D eigenvalue weighted by atomic mass is 16.6. The van der Waals surface area contributed by atoms with Crippen LogP contribution in [0.4, 0.5) is 0 Å². The molecule has 0 aliphatic carbocycles. The smallest absolute Gasteiger partial charge is 0.306 e. The second-order valence-electron chi connectivity index (χ2n) is 22.0. The van der Waals surface area contributed by atoms with Gasteiger partial charge < -0.3 is 14.2 Å². The molecule has 0 aromatic rings. The fraction of sp³-hybridized carbons (Fsp3) is 0.786. The molecule has 0 aliphatic rings. The molecule has 0 spiro atoms. The zero-order chi connectivity index (χ0) is 55.0. The first-order chi connectivity index (χ1) is 37.5. The van der Waals surface area contributed by atoms with Gasteiger partial charge in [-0.2, -0.15) is 0 Å². The van der Waals surface area contributed by atoms with Crippen LogP contribution >= 0.6 is 0 Å². The Morgan fingerprint density at radius 2 is 0.513 bits per heavy atom. The summed E-state index contributed by atoms with van der Waals surface area (Å²) >= 11 is 0. The molecule has 440 valence electrons. The molecule has 0 amide bonds. The Balaban J connectivity index is 4.09. The van der Waals surface area contributed by atoms with Crippen LogP contribution in [0.15, 0.2) is 72.9 Å². The zero-order valence-corrected chi connectivity index (χ0v) is 50.5. The van der Waals surface area contributed by atoms with Gasteiger partial charge >= 0.3 is 17.9 Å². The molecule has 76 heavy (non-hydrogen) atoms. The van der Waals surface area contributed by atoms with E-state index in [2.05, 4.69) is 93.7 Å². The first kappa shape index (κ1) is 72.8. The average molecular weight is 1060 g/mol. The number of hydrogen-bond acceptors (Lipinski definition) is 6. The van der Waals surface area contributed by atoms with Crippen molar-refractivity contribution in [2.45, 2.75) is 341 Å². The first-order valence-electron chi connectivity index (χ1n) is 32.9. The van der Waals surface area contributed by atoms with Crippen LogP contribution in [0, 0.1) is 0 Å². The lowest BCUT2D eigenvalue weighted by atomic mass is 10.0.